The van der Waals surface area contributed by atoms with Gasteiger partial charge >= 0.3 is 0 Å². The lowest BCUT2D eigenvalue weighted by atomic mass is 10.2. The van der Waals surface area contributed by atoms with Crippen LogP contribution in [-0.4, -0.2) is 39.1 Å². The maximum atomic E-state index is 13.8. The minimum Gasteiger partial charge on any atom is -0.324 e. The van der Waals surface area contributed by atoms with Crippen molar-refractivity contribution in [2.45, 2.75) is 13.0 Å². The van der Waals surface area contributed by atoms with Crippen LogP contribution < -0.4 is 10.9 Å². The van der Waals surface area contributed by atoms with E-state index < -0.39 is 11.4 Å². The van der Waals surface area contributed by atoms with Gasteiger partial charge < -0.3 is 9.88 Å². The largest absolute Gasteiger partial charge is 0.324 e. The molecule has 0 aliphatic heterocycles. The highest BCUT2D eigenvalue weighted by molar-refractivity contribution is 6.34. The Morgan fingerprint density at radius 2 is 1.94 bits per heavy atom. The quantitative estimate of drug-likeness (QED) is 0.399. The highest BCUT2D eigenvalue weighted by atomic mass is 35.5. The fourth-order valence-corrected chi connectivity index (χ4v) is 3.84. The molecule has 0 saturated carbocycles. The maximum absolute atomic E-state index is 13.8. The van der Waals surface area contributed by atoms with E-state index in [-0.39, 0.29) is 18.9 Å². The van der Waals surface area contributed by atoms with Gasteiger partial charge in [-0.3, -0.25) is 19.1 Å². The average Bonchev–Trinajstić information content (AvgIpc) is 3.35. The molecule has 4 aromatic heterocycles. The van der Waals surface area contributed by atoms with Gasteiger partial charge in [-0.25, -0.2) is 9.37 Å². The summed E-state index contributed by atoms with van der Waals surface area (Å²) in [5.74, 6) is 0.285. The number of pyridine rings is 1. The van der Waals surface area contributed by atoms with Gasteiger partial charge in [-0.2, -0.15) is 15.2 Å². The third-order valence-corrected chi connectivity index (χ3v) is 5.44. The van der Waals surface area contributed by atoms with E-state index >= 15 is 0 Å². The molecular weight excluding hydrogens is 461 g/mol. The molecule has 0 unspecified atom stereocenters. The molecule has 0 radical (unpaired) electrons. The Balaban J connectivity index is 1.56. The van der Waals surface area contributed by atoms with Crippen molar-refractivity contribution in [3.8, 4) is 0 Å². The van der Waals surface area contributed by atoms with E-state index in [9.17, 15) is 9.18 Å². The first kappa shape index (κ1) is 21.7. The first-order chi connectivity index (χ1) is 16.3. The molecule has 0 atom stereocenters. The number of aryl methyl sites for hydroxylation is 2. The van der Waals surface area contributed by atoms with E-state index in [0.717, 1.165) is 17.1 Å². The number of hydrogen-bond donors (Lipinski definition) is 1. The number of nitrogens with one attached hydrogen (secondary N) is 1. The number of nitrogens with zero attached hydrogens (tertiary/aromatic N) is 8. The van der Waals surface area contributed by atoms with Crippen molar-refractivity contribution in [3.63, 3.8) is 0 Å². The van der Waals surface area contributed by atoms with Crippen LogP contribution in [0.25, 0.3) is 10.9 Å². The van der Waals surface area contributed by atoms with Crippen molar-refractivity contribution >= 4 is 34.1 Å². The van der Waals surface area contributed by atoms with E-state index in [1.807, 2.05) is 19.3 Å². The predicted molar refractivity (Wildman–Crippen MR) is 125 cm³/mol. The number of anilines is 2. The SMILES string of the molecule is Cn1cnc(Cc2cn(Cc3cncc(F)c3)c(Nc3cc4cn(C)nc4cc3Cl)nc2=O)n1. The number of rotatable bonds is 6. The zero-order chi connectivity index (χ0) is 23.8. The van der Waals surface area contributed by atoms with Gasteiger partial charge in [0, 0.05) is 50.1 Å². The summed E-state index contributed by atoms with van der Waals surface area (Å²) in [6.45, 7) is 0.218. The van der Waals surface area contributed by atoms with Crippen LogP contribution in [0, 0.1) is 5.82 Å². The third-order valence-electron chi connectivity index (χ3n) is 5.13. The average molecular weight is 480 g/mol. The van der Waals surface area contributed by atoms with Crippen molar-refractivity contribution in [1.82, 2.24) is 39.1 Å². The summed E-state index contributed by atoms with van der Waals surface area (Å²) in [4.78, 5) is 25.2. The monoisotopic (exact) mass is 479 g/mol. The van der Waals surface area contributed by atoms with Gasteiger partial charge in [0.1, 0.15) is 12.1 Å². The van der Waals surface area contributed by atoms with Crippen LogP contribution in [0.15, 0.2) is 54.1 Å². The summed E-state index contributed by atoms with van der Waals surface area (Å²) < 4.78 is 18.7. The van der Waals surface area contributed by atoms with Gasteiger partial charge in [0.25, 0.3) is 5.56 Å². The number of hydrogen-bond acceptors (Lipinski definition) is 7. The molecule has 172 valence electrons. The molecular formula is C22H19ClFN9O. The summed E-state index contributed by atoms with van der Waals surface area (Å²) in [5, 5.41) is 13.0. The Labute approximate surface area is 197 Å². The van der Waals surface area contributed by atoms with Crippen LogP contribution in [0.4, 0.5) is 16.0 Å². The molecule has 12 heteroatoms. The summed E-state index contributed by atoms with van der Waals surface area (Å²) in [6, 6.07) is 4.94. The fraction of sp³-hybridized carbons (Fsp3) is 0.182. The molecule has 10 nitrogen and oxygen atoms in total. The molecule has 1 N–H and O–H groups in total. The van der Waals surface area contributed by atoms with Crippen LogP contribution in [0.5, 0.6) is 0 Å². The molecule has 0 saturated heterocycles. The molecule has 0 fully saturated rings. The van der Waals surface area contributed by atoms with Gasteiger partial charge in [-0.1, -0.05) is 11.6 Å². The Morgan fingerprint density at radius 3 is 2.71 bits per heavy atom. The summed E-state index contributed by atoms with van der Waals surface area (Å²) in [7, 11) is 3.57. The number of halogens is 2. The van der Waals surface area contributed by atoms with Gasteiger partial charge in [0.05, 0.1) is 29.0 Å². The predicted octanol–water partition coefficient (Wildman–Crippen LogP) is 2.83. The van der Waals surface area contributed by atoms with Crippen LogP contribution in [0.2, 0.25) is 5.02 Å². The van der Waals surface area contributed by atoms with Crippen molar-refractivity contribution < 1.29 is 4.39 Å². The highest BCUT2D eigenvalue weighted by Crippen LogP contribution is 2.29. The lowest BCUT2D eigenvalue weighted by molar-refractivity contribution is 0.615. The van der Waals surface area contributed by atoms with E-state index in [2.05, 4.69) is 30.5 Å². The fourth-order valence-electron chi connectivity index (χ4n) is 3.64. The third kappa shape index (κ3) is 4.50. The number of fused-ring (bicyclic) bond motifs is 1. The van der Waals surface area contributed by atoms with Gasteiger partial charge in [0.15, 0.2) is 5.82 Å². The molecule has 0 aliphatic rings. The number of aromatic nitrogens is 8. The van der Waals surface area contributed by atoms with Gasteiger partial charge in [0.2, 0.25) is 5.95 Å². The molecule has 5 rings (SSSR count). The van der Waals surface area contributed by atoms with Crippen molar-refractivity contribution in [2.75, 3.05) is 5.32 Å². The molecule has 0 amide bonds. The Kier molecular flexibility index (Phi) is 5.54. The molecule has 34 heavy (non-hydrogen) atoms. The minimum atomic E-state index is -0.455. The van der Waals surface area contributed by atoms with Crippen LogP contribution in [0.3, 0.4) is 0 Å². The second kappa shape index (κ2) is 8.67. The van der Waals surface area contributed by atoms with Crippen LogP contribution in [0.1, 0.15) is 17.0 Å². The maximum Gasteiger partial charge on any atom is 0.278 e. The van der Waals surface area contributed by atoms with Gasteiger partial charge in [-0.15, -0.1) is 0 Å². The van der Waals surface area contributed by atoms with E-state index in [1.165, 1.54) is 6.07 Å². The Bertz CT molecular complexity index is 1570. The second-order valence-corrected chi connectivity index (χ2v) is 8.27. The Hall–Kier alpha value is -4.12. The lowest BCUT2D eigenvalue weighted by Crippen LogP contribution is -2.21. The molecule has 4 heterocycles. The normalized spacial score (nSPS) is 11.3. The molecule has 5 aromatic rings. The zero-order valence-electron chi connectivity index (χ0n) is 18.3. The molecule has 1 aromatic carbocycles. The molecule has 0 aliphatic carbocycles. The van der Waals surface area contributed by atoms with Crippen molar-refractivity contribution in [3.05, 3.63) is 87.5 Å². The van der Waals surface area contributed by atoms with E-state index in [0.29, 0.717) is 27.7 Å². The zero-order valence-corrected chi connectivity index (χ0v) is 19.0. The van der Waals surface area contributed by atoms with Crippen molar-refractivity contribution in [1.29, 1.82) is 0 Å². The molecule has 0 spiro atoms. The van der Waals surface area contributed by atoms with Crippen LogP contribution >= 0.6 is 11.6 Å². The minimum absolute atomic E-state index is 0.205. The number of benzene rings is 1. The second-order valence-electron chi connectivity index (χ2n) is 7.86. The highest BCUT2D eigenvalue weighted by Gasteiger charge is 2.14. The Morgan fingerprint density at radius 1 is 1.09 bits per heavy atom. The first-order valence-corrected chi connectivity index (χ1v) is 10.7. The summed E-state index contributed by atoms with van der Waals surface area (Å²) in [5.41, 5.74) is 1.87. The summed E-state index contributed by atoms with van der Waals surface area (Å²) >= 11 is 6.47. The molecule has 0 bridgehead atoms. The van der Waals surface area contributed by atoms with E-state index in [1.54, 1.807) is 45.8 Å². The van der Waals surface area contributed by atoms with Crippen molar-refractivity contribution in [2.24, 2.45) is 14.1 Å². The first-order valence-electron chi connectivity index (χ1n) is 10.3. The lowest BCUT2D eigenvalue weighted by Gasteiger charge is -2.16. The van der Waals surface area contributed by atoms with Crippen LogP contribution in [-0.2, 0) is 27.1 Å². The standard InChI is InChI=1S/C22H19ClFN9O/c1-31-10-14-4-19(17(23)6-18(14)29-31)27-22-28-21(34)15(5-20-26-12-32(2)30-20)11-33(22)9-13-3-16(24)8-25-7-13/h3-4,6-8,10-12H,5,9H2,1-2H3,(H,27,28,34). The smallest absolute Gasteiger partial charge is 0.278 e. The van der Waals surface area contributed by atoms with Gasteiger partial charge in [-0.05, 0) is 23.8 Å². The topological polar surface area (TPSA) is 108 Å². The summed E-state index contributed by atoms with van der Waals surface area (Å²) in [6.07, 6.45) is 7.98. The van der Waals surface area contributed by atoms with E-state index in [4.69, 9.17) is 11.6 Å².